The molecule has 4 rings (SSSR count). The molecule has 0 saturated carbocycles. The van der Waals surface area contributed by atoms with E-state index >= 15 is 0 Å². The molecule has 3 nitrogen and oxygen atoms in total. The summed E-state index contributed by atoms with van der Waals surface area (Å²) in [6.45, 7) is 2.78. The standard InChI is InChI=1S/C19H18ClN3/c20-15-8-9-17-16(12-15)19(14-6-2-1-3-7-14)21-13-18(22-17)23-10-4-5-11-23/h1-3,6-9,12H,4-5,10-11,13H2. The zero-order chi connectivity index (χ0) is 15.6. The minimum absolute atomic E-state index is 0.622. The normalized spacial score (nSPS) is 17.3. The highest BCUT2D eigenvalue weighted by atomic mass is 35.5. The summed E-state index contributed by atoms with van der Waals surface area (Å²) in [4.78, 5) is 12.2. The molecule has 0 amide bonds. The molecule has 23 heavy (non-hydrogen) atoms. The number of rotatable bonds is 1. The lowest BCUT2D eigenvalue weighted by atomic mass is 10.0. The maximum Gasteiger partial charge on any atom is 0.127 e. The Morgan fingerprint density at radius 3 is 2.52 bits per heavy atom. The van der Waals surface area contributed by atoms with Gasteiger partial charge in [-0.25, -0.2) is 4.99 Å². The highest BCUT2D eigenvalue weighted by molar-refractivity contribution is 6.31. The van der Waals surface area contributed by atoms with E-state index in [1.165, 1.54) is 12.8 Å². The second-order valence-corrected chi connectivity index (χ2v) is 6.35. The van der Waals surface area contributed by atoms with Gasteiger partial charge >= 0.3 is 0 Å². The summed E-state index contributed by atoms with van der Waals surface area (Å²) in [6, 6.07) is 16.1. The van der Waals surface area contributed by atoms with Crippen LogP contribution in [-0.2, 0) is 0 Å². The number of fused-ring (bicyclic) bond motifs is 1. The molecule has 2 heterocycles. The fraction of sp³-hybridized carbons (Fsp3) is 0.263. The molecule has 4 heteroatoms. The number of hydrogen-bond donors (Lipinski definition) is 0. The van der Waals surface area contributed by atoms with Gasteiger partial charge in [-0.05, 0) is 31.0 Å². The lowest BCUT2D eigenvalue weighted by Crippen LogP contribution is -2.29. The quantitative estimate of drug-likeness (QED) is 0.768. The molecule has 0 aromatic heterocycles. The van der Waals surface area contributed by atoms with E-state index in [2.05, 4.69) is 17.0 Å². The third-order valence-corrected chi connectivity index (χ3v) is 4.60. The van der Waals surface area contributed by atoms with Gasteiger partial charge in [0.1, 0.15) is 5.84 Å². The van der Waals surface area contributed by atoms with Crippen LogP contribution in [0.2, 0.25) is 5.02 Å². The van der Waals surface area contributed by atoms with E-state index in [-0.39, 0.29) is 0 Å². The fourth-order valence-electron chi connectivity index (χ4n) is 3.19. The Labute approximate surface area is 141 Å². The van der Waals surface area contributed by atoms with Gasteiger partial charge in [0.25, 0.3) is 0 Å². The van der Waals surface area contributed by atoms with Crippen LogP contribution in [0.15, 0.2) is 58.5 Å². The van der Waals surface area contributed by atoms with Gasteiger partial charge in [-0.3, -0.25) is 4.99 Å². The summed E-state index contributed by atoms with van der Waals surface area (Å²) in [5, 5.41) is 0.715. The summed E-state index contributed by atoms with van der Waals surface area (Å²) in [6.07, 6.45) is 2.48. The Hall–Kier alpha value is -2.13. The SMILES string of the molecule is Clc1ccc2c(c1)C(c1ccccc1)=NCC(N1CCCC1)=N2. The zero-order valence-corrected chi connectivity index (χ0v) is 13.6. The number of halogens is 1. The third-order valence-electron chi connectivity index (χ3n) is 4.36. The second-order valence-electron chi connectivity index (χ2n) is 5.91. The average molecular weight is 324 g/mol. The van der Waals surface area contributed by atoms with Crippen LogP contribution in [0.1, 0.15) is 24.0 Å². The molecule has 2 aromatic rings. The van der Waals surface area contributed by atoms with Crippen molar-refractivity contribution in [3.63, 3.8) is 0 Å². The van der Waals surface area contributed by atoms with Gasteiger partial charge in [-0.15, -0.1) is 0 Å². The number of amidine groups is 1. The molecule has 0 bridgehead atoms. The van der Waals surface area contributed by atoms with Crippen molar-refractivity contribution in [2.45, 2.75) is 12.8 Å². The molecule has 0 atom stereocenters. The van der Waals surface area contributed by atoms with E-state index in [0.717, 1.165) is 41.5 Å². The summed E-state index contributed by atoms with van der Waals surface area (Å²) in [5.41, 5.74) is 4.05. The van der Waals surface area contributed by atoms with Crippen molar-refractivity contribution >= 4 is 28.8 Å². The predicted molar refractivity (Wildman–Crippen MR) is 96.3 cm³/mol. The van der Waals surface area contributed by atoms with E-state index < -0.39 is 0 Å². The molecule has 1 saturated heterocycles. The van der Waals surface area contributed by atoms with Crippen LogP contribution >= 0.6 is 11.6 Å². The van der Waals surface area contributed by atoms with Crippen LogP contribution in [0.25, 0.3) is 0 Å². The number of nitrogens with zero attached hydrogens (tertiary/aromatic N) is 3. The summed E-state index contributed by atoms with van der Waals surface area (Å²) < 4.78 is 0. The van der Waals surface area contributed by atoms with Gasteiger partial charge in [-0.2, -0.15) is 0 Å². The van der Waals surface area contributed by atoms with Crippen molar-refractivity contribution in [3.8, 4) is 0 Å². The average Bonchev–Trinajstić information content (AvgIpc) is 3.05. The van der Waals surface area contributed by atoms with E-state index in [4.69, 9.17) is 21.6 Å². The van der Waals surface area contributed by atoms with Gasteiger partial charge in [0.05, 0.1) is 17.9 Å². The maximum atomic E-state index is 6.23. The number of aliphatic imine (C=N–C) groups is 2. The second kappa shape index (κ2) is 6.17. The van der Waals surface area contributed by atoms with Crippen LogP contribution in [0.4, 0.5) is 5.69 Å². The minimum Gasteiger partial charge on any atom is -0.358 e. The smallest absolute Gasteiger partial charge is 0.127 e. The lowest BCUT2D eigenvalue weighted by Gasteiger charge is -2.17. The van der Waals surface area contributed by atoms with Crippen molar-refractivity contribution < 1.29 is 0 Å². The first-order valence-electron chi connectivity index (χ1n) is 8.03. The molecule has 1 fully saturated rings. The first-order valence-corrected chi connectivity index (χ1v) is 8.41. The molecule has 0 aliphatic carbocycles. The van der Waals surface area contributed by atoms with Gasteiger partial charge in [0.15, 0.2) is 0 Å². The fourth-order valence-corrected chi connectivity index (χ4v) is 3.37. The first kappa shape index (κ1) is 14.5. The van der Waals surface area contributed by atoms with Crippen LogP contribution in [0.3, 0.4) is 0 Å². The summed E-state index contributed by atoms with van der Waals surface area (Å²) in [5.74, 6) is 1.07. The molecule has 0 N–H and O–H groups in total. The van der Waals surface area contributed by atoms with Crippen molar-refractivity contribution in [2.24, 2.45) is 9.98 Å². The largest absolute Gasteiger partial charge is 0.358 e. The zero-order valence-electron chi connectivity index (χ0n) is 12.9. The van der Waals surface area contributed by atoms with Gasteiger partial charge in [0.2, 0.25) is 0 Å². The molecule has 2 aliphatic rings. The molecule has 2 aromatic carbocycles. The van der Waals surface area contributed by atoms with Gasteiger partial charge < -0.3 is 4.90 Å². The van der Waals surface area contributed by atoms with Crippen molar-refractivity contribution in [3.05, 3.63) is 64.7 Å². The monoisotopic (exact) mass is 323 g/mol. The minimum atomic E-state index is 0.622. The highest BCUT2D eigenvalue weighted by Crippen LogP contribution is 2.29. The topological polar surface area (TPSA) is 28.0 Å². The Bertz CT molecular complexity index is 774. The Morgan fingerprint density at radius 1 is 0.957 bits per heavy atom. The lowest BCUT2D eigenvalue weighted by molar-refractivity contribution is 0.513. The number of likely N-dealkylation sites (tertiary alicyclic amines) is 1. The molecule has 0 radical (unpaired) electrons. The summed E-state index contributed by atoms with van der Waals surface area (Å²) >= 11 is 6.23. The van der Waals surface area contributed by atoms with Crippen LogP contribution in [0, 0.1) is 0 Å². The van der Waals surface area contributed by atoms with E-state index in [1.807, 2.05) is 36.4 Å². The molecule has 2 aliphatic heterocycles. The Balaban J connectivity index is 1.83. The van der Waals surface area contributed by atoms with Crippen molar-refractivity contribution in [1.29, 1.82) is 0 Å². The maximum absolute atomic E-state index is 6.23. The molecule has 116 valence electrons. The third kappa shape index (κ3) is 2.89. The Morgan fingerprint density at radius 2 is 1.74 bits per heavy atom. The van der Waals surface area contributed by atoms with E-state index in [9.17, 15) is 0 Å². The van der Waals surface area contributed by atoms with Crippen LogP contribution in [-0.4, -0.2) is 36.1 Å². The molecule has 0 spiro atoms. The molecular formula is C19H18ClN3. The molecular weight excluding hydrogens is 306 g/mol. The van der Waals surface area contributed by atoms with Crippen molar-refractivity contribution in [1.82, 2.24) is 4.90 Å². The first-order chi connectivity index (χ1) is 11.3. The van der Waals surface area contributed by atoms with Crippen molar-refractivity contribution in [2.75, 3.05) is 19.6 Å². The van der Waals surface area contributed by atoms with Crippen LogP contribution < -0.4 is 0 Å². The van der Waals surface area contributed by atoms with Gasteiger partial charge in [-0.1, -0.05) is 41.9 Å². The number of hydrogen-bond acceptors (Lipinski definition) is 3. The van der Waals surface area contributed by atoms with E-state index in [1.54, 1.807) is 0 Å². The van der Waals surface area contributed by atoms with E-state index in [0.29, 0.717) is 11.6 Å². The molecule has 0 unspecified atom stereocenters. The van der Waals surface area contributed by atoms with Crippen LogP contribution in [0.5, 0.6) is 0 Å². The highest BCUT2D eigenvalue weighted by Gasteiger charge is 2.21. The summed E-state index contributed by atoms with van der Waals surface area (Å²) in [7, 11) is 0. The predicted octanol–water partition coefficient (Wildman–Crippen LogP) is 4.32. The Kier molecular flexibility index (Phi) is 3.88. The number of benzene rings is 2. The van der Waals surface area contributed by atoms with Gasteiger partial charge in [0, 0.05) is 29.2 Å².